The van der Waals surface area contributed by atoms with Gasteiger partial charge in [0, 0.05) is 33.5 Å². The van der Waals surface area contributed by atoms with Crippen LogP contribution in [0, 0.1) is 0 Å². The minimum absolute atomic E-state index is 0.130. The summed E-state index contributed by atoms with van der Waals surface area (Å²) in [6, 6.07) is 8.07. The number of aromatic amines is 1. The summed E-state index contributed by atoms with van der Waals surface area (Å²) in [6.07, 6.45) is -0.410. The smallest absolute Gasteiger partial charge is 0.410 e. The summed E-state index contributed by atoms with van der Waals surface area (Å²) in [5.41, 5.74) is 2.54. The van der Waals surface area contributed by atoms with Gasteiger partial charge in [0.2, 0.25) is 0 Å². The van der Waals surface area contributed by atoms with Gasteiger partial charge in [-0.1, -0.05) is 19.6 Å². The van der Waals surface area contributed by atoms with E-state index in [2.05, 4.69) is 29.6 Å². The van der Waals surface area contributed by atoms with Gasteiger partial charge in [0.05, 0.1) is 29.2 Å². The number of amides is 1. The Labute approximate surface area is 217 Å². The molecule has 0 fully saturated rings. The number of rotatable bonds is 9. The number of H-pyrrole nitrogens is 1. The van der Waals surface area contributed by atoms with E-state index in [4.69, 9.17) is 26.1 Å². The summed E-state index contributed by atoms with van der Waals surface area (Å²) >= 11 is 5.89. The highest BCUT2D eigenvalue weighted by molar-refractivity contribution is 6.76. The molecule has 0 saturated heterocycles. The van der Waals surface area contributed by atoms with Gasteiger partial charge in [0.1, 0.15) is 18.0 Å². The van der Waals surface area contributed by atoms with E-state index < -0.39 is 19.8 Å². The van der Waals surface area contributed by atoms with Crippen LogP contribution in [-0.4, -0.2) is 57.8 Å². The van der Waals surface area contributed by atoms with E-state index in [-0.39, 0.29) is 11.4 Å². The second-order valence-corrected chi connectivity index (χ2v) is 17.0. The highest BCUT2D eigenvalue weighted by Gasteiger charge is 2.22. The molecule has 3 aromatic heterocycles. The fraction of sp³-hybridized carbons (Fsp3) is 0.520. The molecular weight excluding hydrogens is 498 g/mol. The monoisotopic (exact) mass is 533 g/mol. The Balaban J connectivity index is 1.95. The van der Waals surface area contributed by atoms with Gasteiger partial charge in [0.15, 0.2) is 5.82 Å². The molecule has 1 amide bonds. The first-order chi connectivity index (χ1) is 16.8. The minimum Gasteiger partial charge on any atom is -0.444 e. The molecule has 1 N–H and O–H groups in total. The van der Waals surface area contributed by atoms with E-state index in [1.807, 2.05) is 37.5 Å². The molecule has 36 heavy (non-hydrogen) atoms. The summed E-state index contributed by atoms with van der Waals surface area (Å²) in [7, 11) is 0.472. The van der Waals surface area contributed by atoms with E-state index in [1.54, 1.807) is 13.1 Å². The van der Waals surface area contributed by atoms with Gasteiger partial charge in [-0.15, -0.1) is 11.6 Å². The Bertz CT molecular complexity index is 1280. The number of pyridine rings is 1. The molecule has 0 aliphatic rings. The SMILES string of the molecule is CN(Cc1cc2nc(-c3nc(CCl)cc(=O)[nH]3)ccc2n1COCC[Si](C)(C)C)C(=O)OC(C)(C)C. The third kappa shape index (κ3) is 7.65. The quantitative estimate of drug-likeness (QED) is 0.230. The number of fused-ring (bicyclic) bond motifs is 1. The van der Waals surface area contributed by atoms with Crippen LogP contribution in [0.15, 0.2) is 29.1 Å². The van der Waals surface area contributed by atoms with Crippen molar-refractivity contribution in [3.8, 4) is 11.5 Å². The number of carbonyl (C=O) groups is 1. The number of aromatic nitrogens is 4. The van der Waals surface area contributed by atoms with Gasteiger partial charge in [-0.05, 0) is 45.0 Å². The number of halogens is 1. The van der Waals surface area contributed by atoms with Gasteiger partial charge in [-0.3, -0.25) is 4.79 Å². The average molecular weight is 534 g/mol. The van der Waals surface area contributed by atoms with Crippen molar-refractivity contribution in [1.82, 2.24) is 24.4 Å². The molecular formula is C25H36ClN5O4Si. The summed E-state index contributed by atoms with van der Waals surface area (Å²) < 4.78 is 13.6. The third-order valence-electron chi connectivity index (χ3n) is 5.34. The second kappa shape index (κ2) is 11.1. The largest absolute Gasteiger partial charge is 0.444 e. The number of hydrogen-bond donors (Lipinski definition) is 1. The van der Waals surface area contributed by atoms with Gasteiger partial charge in [-0.2, -0.15) is 0 Å². The van der Waals surface area contributed by atoms with E-state index in [9.17, 15) is 9.59 Å². The predicted octanol–water partition coefficient (Wildman–Crippen LogP) is 5.20. The Morgan fingerprint density at radius 2 is 1.92 bits per heavy atom. The third-order valence-corrected chi connectivity index (χ3v) is 7.32. The van der Waals surface area contributed by atoms with Crippen LogP contribution in [0.1, 0.15) is 32.2 Å². The topological polar surface area (TPSA) is 102 Å². The van der Waals surface area contributed by atoms with Crippen LogP contribution in [-0.2, 0) is 28.6 Å². The number of ether oxygens (including phenoxy) is 2. The summed E-state index contributed by atoms with van der Waals surface area (Å²) in [5.74, 6) is 0.484. The van der Waals surface area contributed by atoms with Gasteiger partial charge in [-0.25, -0.2) is 14.8 Å². The lowest BCUT2D eigenvalue weighted by Gasteiger charge is -2.25. The Kier molecular flexibility index (Phi) is 8.63. The average Bonchev–Trinajstić information content (AvgIpc) is 3.10. The van der Waals surface area contributed by atoms with E-state index in [0.717, 1.165) is 17.3 Å². The van der Waals surface area contributed by atoms with E-state index in [1.165, 1.54) is 11.0 Å². The fourth-order valence-corrected chi connectivity index (χ4v) is 4.38. The highest BCUT2D eigenvalue weighted by Crippen LogP contribution is 2.24. The van der Waals surface area contributed by atoms with Crippen LogP contribution in [0.4, 0.5) is 4.79 Å². The number of hydrogen-bond acceptors (Lipinski definition) is 6. The molecule has 0 spiro atoms. The molecule has 0 unspecified atom stereocenters. The molecule has 0 bridgehead atoms. The first-order valence-electron chi connectivity index (χ1n) is 11.9. The maximum Gasteiger partial charge on any atom is 0.410 e. The molecule has 0 aliphatic carbocycles. The Morgan fingerprint density at radius 3 is 2.56 bits per heavy atom. The van der Waals surface area contributed by atoms with Crippen LogP contribution in [0.2, 0.25) is 25.7 Å². The van der Waals surface area contributed by atoms with Crippen molar-refractivity contribution in [2.75, 3.05) is 13.7 Å². The number of alkyl halides is 1. The first-order valence-corrected chi connectivity index (χ1v) is 16.2. The van der Waals surface area contributed by atoms with E-state index >= 15 is 0 Å². The summed E-state index contributed by atoms with van der Waals surface area (Å²) in [6.45, 7) is 13.8. The molecule has 0 atom stereocenters. The lowest BCUT2D eigenvalue weighted by molar-refractivity contribution is 0.0274. The zero-order chi connectivity index (χ0) is 26.7. The van der Waals surface area contributed by atoms with Crippen LogP contribution >= 0.6 is 11.6 Å². The van der Waals surface area contributed by atoms with Crippen molar-refractivity contribution in [3.05, 3.63) is 46.0 Å². The predicted molar refractivity (Wildman–Crippen MR) is 145 cm³/mol. The molecule has 0 saturated carbocycles. The lowest BCUT2D eigenvalue weighted by Crippen LogP contribution is -2.34. The standard InChI is InChI=1S/C25H36ClN5O4Si/c1-25(2,3)35-24(33)30(4)15-18-13-20-21(31(18)16-34-10-11-36(5,6)7)9-8-19(28-20)23-27-17(14-26)12-22(32)29-23/h8-9,12-13H,10-11,14-16H2,1-7H3,(H,27,29,32). The van der Waals surface area contributed by atoms with Gasteiger partial charge in [0.25, 0.3) is 5.56 Å². The number of carbonyl (C=O) groups excluding carboxylic acids is 1. The lowest BCUT2D eigenvalue weighted by atomic mass is 10.2. The van der Waals surface area contributed by atoms with Crippen LogP contribution in [0.25, 0.3) is 22.6 Å². The van der Waals surface area contributed by atoms with Crippen molar-refractivity contribution >= 4 is 36.8 Å². The van der Waals surface area contributed by atoms with E-state index in [0.29, 0.717) is 42.6 Å². The summed E-state index contributed by atoms with van der Waals surface area (Å²) in [4.78, 5) is 38.0. The van der Waals surface area contributed by atoms with Crippen molar-refractivity contribution in [1.29, 1.82) is 0 Å². The van der Waals surface area contributed by atoms with Crippen molar-refractivity contribution in [3.63, 3.8) is 0 Å². The number of nitrogens with zero attached hydrogens (tertiary/aromatic N) is 4. The maximum absolute atomic E-state index is 12.6. The minimum atomic E-state index is -1.23. The normalized spacial score (nSPS) is 12.2. The second-order valence-electron chi connectivity index (χ2n) is 11.1. The highest BCUT2D eigenvalue weighted by atomic mass is 35.5. The Hall–Kier alpha value is -2.69. The Morgan fingerprint density at radius 1 is 1.19 bits per heavy atom. The first kappa shape index (κ1) is 27.9. The van der Waals surface area contributed by atoms with Crippen LogP contribution in [0.5, 0.6) is 0 Å². The number of nitrogens with one attached hydrogen (secondary N) is 1. The molecule has 0 aromatic carbocycles. The van der Waals surface area contributed by atoms with Crippen LogP contribution in [0.3, 0.4) is 0 Å². The van der Waals surface area contributed by atoms with Crippen molar-refractivity contribution < 1.29 is 14.3 Å². The van der Waals surface area contributed by atoms with Crippen molar-refractivity contribution in [2.24, 2.45) is 0 Å². The van der Waals surface area contributed by atoms with Crippen molar-refractivity contribution in [2.45, 2.75) is 71.2 Å². The van der Waals surface area contributed by atoms with Crippen LogP contribution < -0.4 is 5.56 Å². The molecule has 9 nitrogen and oxygen atoms in total. The molecule has 0 aliphatic heterocycles. The molecule has 3 rings (SSSR count). The zero-order valence-corrected chi connectivity index (χ0v) is 23.9. The molecule has 3 aromatic rings. The van der Waals surface area contributed by atoms with Gasteiger partial charge >= 0.3 is 6.09 Å². The zero-order valence-electron chi connectivity index (χ0n) is 22.1. The fourth-order valence-electron chi connectivity index (χ4n) is 3.49. The summed E-state index contributed by atoms with van der Waals surface area (Å²) in [5, 5.41) is 0. The molecule has 196 valence electrons. The molecule has 3 heterocycles. The van der Waals surface area contributed by atoms with Gasteiger partial charge < -0.3 is 23.9 Å². The maximum atomic E-state index is 12.6. The molecule has 11 heteroatoms. The molecule has 0 radical (unpaired) electrons.